The van der Waals surface area contributed by atoms with Gasteiger partial charge >= 0.3 is 5.97 Å². The highest BCUT2D eigenvalue weighted by atomic mass is 16.6. The molecule has 0 fully saturated rings. The van der Waals surface area contributed by atoms with Gasteiger partial charge in [0.15, 0.2) is 5.60 Å². The number of hydrogen-bond acceptors (Lipinski definition) is 4. The van der Waals surface area contributed by atoms with Crippen LogP contribution < -0.4 is 4.74 Å². The van der Waals surface area contributed by atoms with Crippen molar-refractivity contribution in [2.45, 2.75) is 38.7 Å². The molecule has 1 heterocycles. The molecule has 2 rings (SSSR count). The Hall–Kier alpha value is -2.10. The van der Waals surface area contributed by atoms with E-state index in [1.54, 1.807) is 20.1 Å². The van der Waals surface area contributed by atoms with E-state index in [-0.39, 0.29) is 17.7 Å². The van der Waals surface area contributed by atoms with Crippen LogP contribution in [-0.2, 0) is 19.9 Å². The van der Waals surface area contributed by atoms with Crippen LogP contribution in [-0.4, -0.2) is 18.9 Å². The minimum absolute atomic E-state index is 0.0638. The number of carbonyl (C=O) groups is 2. The zero-order chi connectivity index (χ0) is 16.2. The van der Waals surface area contributed by atoms with Crippen LogP contribution in [0.2, 0.25) is 0 Å². The van der Waals surface area contributed by atoms with Crippen LogP contribution in [0.4, 0.5) is 0 Å². The summed E-state index contributed by atoms with van der Waals surface area (Å²) >= 11 is 0. The predicted molar refractivity (Wildman–Crippen MR) is 83.6 cm³/mol. The third-order valence-corrected chi connectivity index (χ3v) is 4.06. The molecular formula is C18H22O4. The lowest BCUT2D eigenvalue weighted by atomic mass is 9.76. The van der Waals surface area contributed by atoms with Gasteiger partial charge in [0.05, 0.1) is 7.11 Å². The van der Waals surface area contributed by atoms with Crippen molar-refractivity contribution < 1.29 is 19.1 Å². The lowest BCUT2D eigenvalue weighted by molar-refractivity contribution is -0.152. The molecule has 0 saturated carbocycles. The van der Waals surface area contributed by atoms with Gasteiger partial charge in [0.1, 0.15) is 11.5 Å². The van der Waals surface area contributed by atoms with Crippen LogP contribution in [0.15, 0.2) is 36.4 Å². The quantitative estimate of drug-likeness (QED) is 0.724. The lowest BCUT2D eigenvalue weighted by Crippen LogP contribution is -2.36. The normalized spacial score (nSPS) is 21.5. The molecule has 0 aliphatic carbocycles. The first kappa shape index (κ1) is 16.3. The molecule has 4 heteroatoms. The standard InChI is InChI=1S/C18H22O4/c1-4-5-15(12-13(2)19)18(11-10-17(20)22-18)14-6-8-16(21-3)9-7-14/h6-11,15H,4-5,12H2,1-3H3/t15-,18+/m0/s1. The average Bonchev–Trinajstić information content (AvgIpc) is 2.90. The molecule has 1 aliphatic heterocycles. The molecule has 118 valence electrons. The van der Waals surface area contributed by atoms with Crippen molar-refractivity contribution in [2.24, 2.45) is 5.92 Å². The lowest BCUT2D eigenvalue weighted by Gasteiger charge is -2.35. The van der Waals surface area contributed by atoms with Crippen molar-refractivity contribution >= 4 is 11.8 Å². The molecule has 0 radical (unpaired) electrons. The van der Waals surface area contributed by atoms with E-state index in [0.29, 0.717) is 6.42 Å². The van der Waals surface area contributed by atoms with Gasteiger partial charge in [0.2, 0.25) is 0 Å². The van der Waals surface area contributed by atoms with Gasteiger partial charge in [-0.15, -0.1) is 0 Å². The van der Waals surface area contributed by atoms with Crippen LogP contribution in [0.5, 0.6) is 5.75 Å². The number of ether oxygens (including phenoxy) is 2. The van der Waals surface area contributed by atoms with E-state index in [4.69, 9.17) is 9.47 Å². The molecule has 0 unspecified atom stereocenters. The second-order valence-electron chi connectivity index (χ2n) is 5.67. The highest BCUT2D eigenvalue weighted by Crippen LogP contribution is 2.43. The summed E-state index contributed by atoms with van der Waals surface area (Å²) in [6, 6.07) is 7.47. The first-order valence-electron chi connectivity index (χ1n) is 7.58. The van der Waals surface area contributed by atoms with E-state index in [1.807, 2.05) is 24.3 Å². The SMILES string of the molecule is CCC[C@@H](CC(C)=O)[C@]1(c2ccc(OC)cc2)C=CC(=O)O1. The maximum absolute atomic E-state index is 11.7. The molecule has 1 aromatic carbocycles. The number of ketones is 1. The number of esters is 1. The molecule has 0 amide bonds. The zero-order valence-electron chi connectivity index (χ0n) is 13.3. The number of carbonyl (C=O) groups excluding carboxylic acids is 2. The van der Waals surface area contributed by atoms with Crippen LogP contribution >= 0.6 is 0 Å². The largest absolute Gasteiger partial charge is 0.497 e. The maximum atomic E-state index is 11.7. The number of methoxy groups -OCH3 is 1. The molecular weight excluding hydrogens is 280 g/mol. The van der Waals surface area contributed by atoms with Crippen LogP contribution in [0.25, 0.3) is 0 Å². The summed E-state index contributed by atoms with van der Waals surface area (Å²) in [6.07, 6.45) is 5.36. The van der Waals surface area contributed by atoms with Gasteiger partial charge in [-0.05, 0) is 31.6 Å². The summed E-state index contributed by atoms with van der Waals surface area (Å²) in [5.41, 5.74) is 0.0143. The zero-order valence-corrected chi connectivity index (χ0v) is 13.3. The third-order valence-electron chi connectivity index (χ3n) is 4.06. The Morgan fingerprint density at radius 3 is 2.45 bits per heavy atom. The Bertz CT molecular complexity index is 573. The fourth-order valence-electron chi connectivity index (χ4n) is 3.05. The Labute approximate surface area is 131 Å². The molecule has 4 nitrogen and oxygen atoms in total. The topological polar surface area (TPSA) is 52.6 Å². The number of Topliss-reactive ketones (excluding diaryl/α,β-unsaturated/α-hetero) is 1. The molecule has 1 aliphatic rings. The molecule has 0 spiro atoms. The fourth-order valence-corrected chi connectivity index (χ4v) is 3.05. The van der Waals surface area contributed by atoms with Gasteiger partial charge < -0.3 is 14.3 Å². The van der Waals surface area contributed by atoms with Gasteiger partial charge in [-0.2, -0.15) is 0 Å². The third kappa shape index (κ3) is 3.21. The number of cyclic esters (lactones) is 1. The Balaban J connectivity index is 2.43. The maximum Gasteiger partial charge on any atom is 0.331 e. The first-order valence-corrected chi connectivity index (χ1v) is 7.58. The van der Waals surface area contributed by atoms with E-state index < -0.39 is 5.60 Å². The first-order chi connectivity index (χ1) is 10.5. The Morgan fingerprint density at radius 1 is 1.32 bits per heavy atom. The summed E-state index contributed by atoms with van der Waals surface area (Å²) in [6.45, 7) is 3.64. The van der Waals surface area contributed by atoms with Crippen molar-refractivity contribution in [3.8, 4) is 5.75 Å². The van der Waals surface area contributed by atoms with Crippen LogP contribution in [0.3, 0.4) is 0 Å². The van der Waals surface area contributed by atoms with Crippen LogP contribution in [0, 0.1) is 5.92 Å². The van der Waals surface area contributed by atoms with Crippen LogP contribution in [0.1, 0.15) is 38.7 Å². The smallest absolute Gasteiger partial charge is 0.331 e. The van der Waals surface area contributed by atoms with Crippen molar-refractivity contribution in [2.75, 3.05) is 7.11 Å². The van der Waals surface area contributed by atoms with Crippen molar-refractivity contribution in [3.05, 3.63) is 42.0 Å². The number of rotatable bonds is 7. The van der Waals surface area contributed by atoms with Gasteiger partial charge in [-0.25, -0.2) is 4.79 Å². The van der Waals surface area contributed by atoms with Gasteiger partial charge in [-0.1, -0.05) is 25.5 Å². The molecule has 0 bridgehead atoms. The van der Waals surface area contributed by atoms with Gasteiger partial charge in [0.25, 0.3) is 0 Å². The fraction of sp³-hybridized carbons (Fsp3) is 0.444. The Morgan fingerprint density at radius 2 is 2.00 bits per heavy atom. The summed E-state index contributed by atoms with van der Waals surface area (Å²) in [4.78, 5) is 23.4. The molecule has 22 heavy (non-hydrogen) atoms. The Kier molecular flexibility index (Phi) is 5.01. The highest BCUT2D eigenvalue weighted by Gasteiger charge is 2.44. The highest BCUT2D eigenvalue weighted by molar-refractivity contribution is 5.86. The van der Waals surface area contributed by atoms with E-state index in [1.165, 1.54) is 6.08 Å². The van der Waals surface area contributed by atoms with E-state index >= 15 is 0 Å². The van der Waals surface area contributed by atoms with Gasteiger partial charge in [-0.3, -0.25) is 0 Å². The summed E-state index contributed by atoms with van der Waals surface area (Å²) in [5.74, 6) is 0.417. The van der Waals surface area contributed by atoms with Crippen molar-refractivity contribution in [1.29, 1.82) is 0 Å². The summed E-state index contributed by atoms with van der Waals surface area (Å²) in [7, 11) is 1.61. The monoisotopic (exact) mass is 302 g/mol. The molecule has 2 atom stereocenters. The second-order valence-corrected chi connectivity index (χ2v) is 5.67. The molecule has 0 aromatic heterocycles. The summed E-state index contributed by atoms with van der Waals surface area (Å²) in [5, 5.41) is 0. The summed E-state index contributed by atoms with van der Waals surface area (Å²) < 4.78 is 10.9. The second kappa shape index (κ2) is 6.77. The minimum atomic E-state index is -0.856. The van der Waals surface area contributed by atoms with E-state index in [2.05, 4.69) is 6.92 Å². The van der Waals surface area contributed by atoms with Crippen molar-refractivity contribution in [1.82, 2.24) is 0 Å². The average molecular weight is 302 g/mol. The predicted octanol–water partition coefficient (Wildman–Crippen LogP) is 3.40. The molecule has 0 N–H and O–H groups in total. The van der Waals surface area contributed by atoms with Crippen molar-refractivity contribution in [3.63, 3.8) is 0 Å². The number of benzene rings is 1. The molecule has 1 aromatic rings. The van der Waals surface area contributed by atoms with E-state index in [9.17, 15) is 9.59 Å². The minimum Gasteiger partial charge on any atom is -0.497 e. The van der Waals surface area contributed by atoms with Gasteiger partial charge in [0, 0.05) is 24.0 Å². The number of hydrogen-bond donors (Lipinski definition) is 0. The van der Waals surface area contributed by atoms with E-state index in [0.717, 1.165) is 24.2 Å². The molecule has 0 saturated heterocycles.